The van der Waals surface area contributed by atoms with Crippen LogP contribution in [0.3, 0.4) is 0 Å². The molecular weight excluding hydrogens is 210 g/mol. The van der Waals surface area contributed by atoms with Gasteiger partial charge in [0, 0.05) is 32.2 Å². The maximum atomic E-state index is 3.68. The van der Waals surface area contributed by atoms with Crippen LogP contribution in [0.25, 0.3) is 0 Å². The Morgan fingerprint density at radius 1 is 1.12 bits per heavy atom. The van der Waals surface area contributed by atoms with E-state index in [1.807, 2.05) is 0 Å². The quantitative estimate of drug-likeness (QED) is 0.684. The van der Waals surface area contributed by atoms with Crippen LogP contribution in [0.1, 0.15) is 33.6 Å². The van der Waals surface area contributed by atoms with Crippen LogP contribution in [0.4, 0.5) is 0 Å². The average molecular weight is 241 g/mol. The first-order chi connectivity index (χ1) is 8.13. The molecule has 1 aliphatic heterocycles. The number of likely N-dealkylation sites (N-methyl/N-ethyl adjacent to an activating group) is 1. The third kappa shape index (κ3) is 5.84. The van der Waals surface area contributed by atoms with Crippen molar-refractivity contribution in [3.63, 3.8) is 0 Å². The lowest BCUT2D eigenvalue weighted by Crippen LogP contribution is -2.45. The second kappa shape index (κ2) is 8.06. The molecule has 3 nitrogen and oxygen atoms in total. The van der Waals surface area contributed by atoms with Crippen LogP contribution in [-0.2, 0) is 0 Å². The van der Waals surface area contributed by atoms with E-state index in [1.165, 1.54) is 52.1 Å². The monoisotopic (exact) mass is 241 g/mol. The largest absolute Gasteiger partial charge is 0.314 e. The molecule has 0 aromatic carbocycles. The Morgan fingerprint density at radius 3 is 2.29 bits per heavy atom. The molecule has 0 bridgehead atoms. The van der Waals surface area contributed by atoms with Gasteiger partial charge >= 0.3 is 0 Å². The van der Waals surface area contributed by atoms with Gasteiger partial charge < -0.3 is 15.1 Å². The SMILES string of the molecule is CCC(NCCCN1CCN(C)CC1)C(C)C. The smallest absolute Gasteiger partial charge is 0.0110 e. The zero-order chi connectivity index (χ0) is 12.7. The van der Waals surface area contributed by atoms with Crippen molar-refractivity contribution in [2.75, 3.05) is 46.3 Å². The first kappa shape index (κ1) is 14.9. The summed E-state index contributed by atoms with van der Waals surface area (Å²) in [5.41, 5.74) is 0. The van der Waals surface area contributed by atoms with Gasteiger partial charge in [0.15, 0.2) is 0 Å². The Labute approximate surface area is 108 Å². The summed E-state index contributed by atoms with van der Waals surface area (Å²) in [4.78, 5) is 5.01. The van der Waals surface area contributed by atoms with Gasteiger partial charge in [0.1, 0.15) is 0 Å². The van der Waals surface area contributed by atoms with Crippen LogP contribution in [0.2, 0.25) is 0 Å². The van der Waals surface area contributed by atoms with Gasteiger partial charge in [0.2, 0.25) is 0 Å². The average Bonchev–Trinajstić information content (AvgIpc) is 2.31. The highest BCUT2D eigenvalue weighted by Crippen LogP contribution is 2.05. The van der Waals surface area contributed by atoms with E-state index in [2.05, 4.69) is 42.9 Å². The van der Waals surface area contributed by atoms with E-state index >= 15 is 0 Å². The van der Waals surface area contributed by atoms with E-state index in [4.69, 9.17) is 0 Å². The Morgan fingerprint density at radius 2 is 1.76 bits per heavy atom. The number of nitrogens with zero attached hydrogens (tertiary/aromatic N) is 2. The highest BCUT2D eigenvalue weighted by atomic mass is 15.2. The summed E-state index contributed by atoms with van der Waals surface area (Å²) in [6, 6.07) is 0.697. The van der Waals surface area contributed by atoms with Crippen molar-refractivity contribution in [3.05, 3.63) is 0 Å². The molecule has 1 N–H and O–H groups in total. The molecular formula is C14H31N3. The summed E-state index contributed by atoms with van der Waals surface area (Å²) < 4.78 is 0. The molecule has 0 aliphatic carbocycles. The molecule has 0 saturated carbocycles. The molecule has 1 rings (SSSR count). The zero-order valence-corrected chi connectivity index (χ0v) is 12.2. The third-order valence-corrected chi connectivity index (χ3v) is 3.90. The molecule has 102 valence electrons. The van der Waals surface area contributed by atoms with E-state index in [1.54, 1.807) is 0 Å². The predicted octanol–water partition coefficient (Wildman–Crippen LogP) is 1.65. The molecule has 0 amide bonds. The lowest BCUT2D eigenvalue weighted by Gasteiger charge is -2.32. The van der Waals surface area contributed by atoms with Crippen molar-refractivity contribution in [1.82, 2.24) is 15.1 Å². The van der Waals surface area contributed by atoms with Crippen LogP contribution in [0, 0.1) is 5.92 Å². The molecule has 0 aromatic rings. The van der Waals surface area contributed by atoms with Gasteiger partial charge in [-0.1, -0.05) is 20.8 Å². The predicted molar refractivity (Wildman–Crippen MR) is 75.5 cm³/mol. The highest BCUT2D eigenvalue weighted by Gasteiger charge is 2.13. The van der Waals surface area contributed by atoms with Crippen molar-refractivity contribution in [1.29, 1.82) is 0 Å². The van der Waals surface area contributed by atoms with Crippen molar-refractivity contribution in [2.45, 2.75) is 39.7 Å². The molecule has 1 heterocycles. The maximum Gasteiger partial charge on any atom is 0.0110 e. The van der Waals surface area contributed by atoms with E-state index < -0.39 is 0 Å². The van der Waals surface area contributed by atoms with Crippen LogP contribution < -0.4 is 5.32 Å². The number of hydrogen-bond donors (Lipinski definition) is 1. The van der Waals surface area contributed by atoms with E-state index in [0.29, 0.717) is 6.04 Å². The number of nitrogens with one attached hydrogen (secondary N) is 1. The summed E-state index contributed by atoms with van der Waals surface area (Å²) >= 11 is 0. The van der Waals surface area contributed by atoms with Gasteiger partial charge in [0.05, 0.1) is 0 Å². The lowest BCUT2D eigenvalue weighted by molar-refractivity contribution is 0.152. The van der Waals surface area contributed by atoms with Gasteiger partial charge in [-0.2, -0.15) is 0 Å². The number of rotatable bonds is 7. The second-order valence-electron chi connectivity index (χ2n) is 5.71. The normalized spacial score (nSPS) is 21.0. The molecule has 0 radical (unpaired) electrons. The zero-order valence-electron chi connectivity index (χ0n) is 12.2. The molecule has 3 heteroatoms. The fourth-order valence-electron chi connectivity index (χ4n) is 2.51. The lowest BCUT2D eigenvalue weighted by atomic mass is 10.0. The molecule has 0 aromatic heterocycles. The summed E-state index contributed by atoms with van der Waals surface area (Å²) in [5.74, 6) is 0.753. The molecule has 1 saturated heterocycles. The number of piperazine rings is 1. The first-order valence-corrected chi connectivity index (χ1v) is 7.27. The van der Waals surface area contributed by atoms with Crippen LogP contribution >= 0.6 is 0 Å². The van der Waals surface area contributed by atoms with Crippen molar-refractivity contribution in [2.24, 2.45) is 5.92 Å². The summed E-state index contributed by atoms with van der Waals surface area (Å²) in [7, 11) is 2.22. The second-order valence-corrected chi connectivity index (χ2v) is 5.71. The topological polar surface area (TPSA) is 18.5 Å². The Balaban J connectivity index is 2.03. The Kier molecular flexibility index (Phi) is 7.09. The minimum Gasteiger partial charge on any atom is -0.314 e. The van der Waals surface area contributed by atoms with Gasteiger partial charge in [-0.05, 0) is 38.9 Å². The molecule has 1 aliphatic rings. The molecule has 17 heavy (non-hydrogen) atoms. The van der Waals surface area contributed by atoms with Crippen LogP contribution in [-0.4, -0.2) is 62.2 Å². The third-order valence-electron chi connectivity index (χ3n) is 3.90. The van der Waals surface area contributed by atoms with Crippen molar-refractivity contribution >= 4 is 0 Å². The maximum absolute atomic E-state index is 3.68. The fourth-order valence-corrected chi connectivity index (χ4v) is 2.51. The Bertz CT molecular complexity index is 186. The van der Waals surface area contributed by atoms with Crippen molar-refractivity contribution in [3.8, 4) is 0 Å². The molecule has 1 unspecified atom stereocenters. The van der Waals surface area contributed by atoms with E-state index in [-0.39, 0.29) is 0 Å². The van der Waals surface area contributed by atoms with Crippen molar-refractivity contribution < 1.29 is 0 Å². The standard InChI is InChI=1S/C14H31N3/c1-5-14(13(2)3)15-7-6-8-17-11-9-16(4)10-12-17/h13-15H,5-12H2,1-4H3. The minimum absolute atomic E-state index is 0.697. The van der Waals surface area contributed by atoms with Crippen LogP contribution in [0.5, 0.6) is 0 Å². The summed E-state index contributed by atoms with van der Waals surface area (Å²) in [5, 5.41) is 3.68. The molecule has 1 atom stereocenters. The van der Waals surface area contributed by atoms with Gasteiger partial charge in [-0.3, -0.25) is 0 Å². The molecule has 0 spiro atoms. The minimum atomic E-state index is 0.697. The fraction of sp³-hybridized carbons (Fsp3) is 1.00. The van der Waals surface area contributed by atoms with Gasteiger partial charge in [0.25, 0.3) is 0 Å². The summed E-state index contributed by atoms with van der Waals surface area (Å²) in [6.07, 6.45) is 2.53. The van der Waals surface area contributed by atoms with E-state index in [0.717, 1.165) is 5.92 Å². The van der Waals surface area contributed by atoms with E-state index in [9.17, 15) is 0 Å². The molecule has 1 fully saturated rings. The van der Waals surface area contributed by atoms with Gasteiger partial charge in [-0.25, -0.2) is 0 Å². The Hall–Kier alpha value is -0.120. The first-order valence-electron chi connectivity index (χ1n) is 7.27. The summed E-state index contributed by atoms with van der Waals surface area (Å²) in [6.45, 7) is 14.3. The van der Waals surface area contributed by atoms with Crippen LogP contribution in [0.15, 0.2) is 0 Å². The van der Waals surface area contributed by atoms with Gasteiger partial charge in [-0.15, -0.1) is 0 Å². The highest BCUT2D eigenvalue weighted by molar-refractivity contribution is 4.71. The number of hydrogen-bond acceptors (Lipinski definition) is 3.